The molecule has 0 saturated carbocycles. The molecule has 0 bridgehead atoms. The summed E-state index contributed by atoms with van der Waals surface area (Å²) in [6.07, 6.45) is 0.959. The predicted octanol–water partition coefficient (Wildman–Crippen LogP) is 1.99. The Balaban J connectivity index is 2.22. The van der Waals surface area contributed by atoms with Crippen LogP contribution in [-0.2, 0) is 11.2 Å². The van der Waals surface area contributed by atoms with Gasteiger partial charge in [0.25, 0.3) is 0 Å². The van der Waals surface area contributed by atoms with Crippen LogP contribution in [0, 0.1) is 5.92 Å². The monoisotopic (exact) mass is 227 g/mol. The lowest BCUT2D eigenvalue weighted by atomic mass is 10.0. The van der Waals surface area contributed by atoms with Crippen LogP contribution in [0.15, 0.2) is 16.8 Å². The fraction of sp³-hybridized carbons (Fsp3) is 0.545. The first-order valence-electron chi connectivity index (χ1n) is 5.08. The normalized spacial score (nSPS) is 14.8. The maximum absolute atomic E-state index is 10.7. The van der Waals surface area contributed by atoms with E-state index in [1.807, 2.05) is 6.92 Å². The molecule has 4 heteroatoms. The lowest BCUT2D eigenvalue weighted by molar-refractivity contribution is -0.141. The molecule has 0 spiro atoms. The summed E-state index contributed by atoms with van der Waals surface area (Å²) in [6.45, 7) is 4.46. The quantitative estimate of drug-likeness (QED) is 0.781. The van der Waals surface area contributed by atoms with E-state index in [1.165, 1.54) is 5.56 Å². The van der Waals surface area contributed by atoms with Gasteiger partial charge in [-0.25, -0.2) is 0 Å². The number of carboxylic acid groups (broad SMARTS) is 1. The van der Waals surface area contributed by atoms with Gasteiger partial charge >= 0.3 is 5.97 Å². The van der Waals surface area contributed by atoms with E-state index in [0.29, 0.717) is 0 Å². The first-order chi connectivity index (χ1) is 7.11. The third kappa shape index (κ3) is 4.01. The molecule has 2 atom stereocenters. The Hall–Kier alpha value is -0.870. The van der Waals surface area contributed by atoms with E-state index in [-0.39, 0.29) is 12.0 Å². The molecule has 84 valence electrons. The highest BCUT2D eigenvalue weighted by atomic mass is 32.1. The summed E-state index contributed by atoms with van der Waals surface area (Å²) in [6, 6.07) is 2.11. The second-order valence-corrected chi connectivity index (χ2v) is 4.53. The molecule has 1 heterocycles. The van der Waals surface area contributed by atoms with E-state index < -0.39 is 5.97 Å². The highest BCUT2D eigenvalue weighted by Gasteiger charge is 2.18. The molecule has 0 fully saturated rings. The van der Waals surface area contributed by atoms with Crippen LogP contribution in [0.1, 0.15) is 19.4 Å². The molecule has 1 aromatic heterocycles. The molecule has 0 aromatic carbocycles. The third-order valence-electron chi connectivity index (χ3n) is 2.60. The van der Waals surface area contributed by atoms with Gasteiger partial charge in [0.15, 0.2) is 0 Å². The van der Waals surface area contributed by atoms with Crippen LogP contribution in [0.3, 0.4) is 0 Å². The fourth-order valence-corrected chi connectivity index (χ4v) is 1.97. The van der Waals surface area contributed by atoms with E-state index in [2.05, 4.69) is 22.1 Å². The lowest BCUT2D eigenvalue weighted by Crippen LogP contribution is -2.37. The SMILES string of the molecule is CC(NCCc1ccsc1)C(C)C(=O)O. The minimum Gasteiger partial charge on any atom is -0.481 e. The van der Waals surface area contributed by atoms with Crippen LogP contribution in [0.5, 0.6) is 0 Å². The van der Waals surface area contributed by atoms with Gasteiger partial charge in [-0.2, -0.15) is 11.3 Å². The average molecular weight is 227 g/mol. The standard InChI is InChI=1S/C11H17NO2S/c1-8(11(13)14)9(2)12-5-3-10-4-6-15-7-10/h4,6-9,12H,3,5H2,1-2H3,(H,13,14). The number of carbonyl (C=O) groups is 1. The Morgan fingerprint density at radius 2 is 2.33 bits per heavy atom. The summed E-state index contributed by atoms with van der Waals surface area (Å²) in [7, 11) is 0. The first kappa shape index (κ1) is 12.2. The summed E-state index contributed by atoms with van der Waals surface area (Å²) < 4.78 is 0. The average Bonchev–Trinajstić information content (AvgIpc) is 2.69. The van der Waals surface area contributed by atoms with Crippen molar-refractivity contribution in [3.05, 3.63) is 22.4 Å². The first-order valence-corrected chi connectivity index (χ1v) is 6.03. The Labute approximate surface area is 94.1 Å². The van der Waals surface area contributed by atoms with Gasteiger partial charge in [0, 0.05) is 6.04 Å². The zero-order chi connectivity index (χ0) is 11.3. The number of hydrogen-bond donors (Lipinski definition) is 2. The Morgan fingerprint density at radius 1 is 1.60 bits per heavy atom. The zero-order valence-electron chi connectivity index (χ0n) is 9.06. The fourth-order valence-electron chi connectivity index (χ4n) is 1.27. The summed E-state index contributed by atoms with van der Waals surface area (Å²) in [4.78, 5) is 10.7. The van der Waals surface area contributed by atoms with Crippen LogP contribution < -0.4 is 5.32 Å². The van der Waals surface area contributed by atoms with Gasteiger partial charge in [-0.05, 0) is 42.3 Å². The highest BCUT2D eigenvalue weighted by molar-refractivity contribution is 7.07. The van der Waals surface area contributed by atoms with Gasteiger partial charge in [-0.15, -0.1) is 0 Å². The molecule has 0 radical (unpaired) electrons. The van der Waals surface area contributed by atoms with Crippen molar-refractivity contribution in [3.8, 4) is 0 Å². The number of carboxylic acids is 1. The van der Waals surface area contributed by atoms with Crippen LogP contribution >= 0.6 is 11.3 Å². The number of thiophene rings is 1. The van der Waals surface area contributed by atoms with E-state index >= 15 is 0 Å². The van der Waals surface area contributed by atoms with Crippen molar-refractivity contribution in [1.82, 2.24) is 5.32 Å². The van der Waals surface area contributed by atoms with Crippen molar-refractivity contribution < 1.29 is 9.90 Å². The molecule has 2 N–H and O–H groups in total. The Kier molecular flexibility index (Phi) is 4.78. The molecule has 1 aromatic rings. The maximum Gasteiger partial charge on any atom is 0.307 e. The Morgan fingerprint density at radius 3 is 2.87 bits per heavy atom. The minimum atomic E-state index is -0.745. The molecular formula is C11H17NO2S. The molecule has 3 nitrogen and oxygen atoms in total. The topological polar surface area (TPSA) is 49.3 Å². The van der Waals surface area contributed by atoms with Gasteiger partial charge in [-0.3, -0.25) is 4.79 Å². The van der Waals surface area contributed by atoms with Crippen LogP contribution in [0.2, 0.25) is 0 Å². The van der Waals surface area contributed by atoms with Crippen LogP contribution in [-0.4, -0.2) is 23.7 Å². The Bertz CT molecular complexity index is 298. The van der Waals surface area contributed by atoms with Crippen molar-refractivity contribution in [1.29, 1.82) is 0 Å². The second kappa shape index (κ2) is 5.88. The number of aliphatic carboxylic acids is 1. The number of nitrogens with one attached hydrogen (secondary N) is 1. The maximum atomic E-state index is 10.7. The molecular weight excluding hydrogens is 210 g/mol. The number of hydrogen-bond acceptors (Lipinski definition) is 3. The van der Waals surface area contributed by atoms with Crippen molar-refractivity contribution in [2.75, 3.05) is 6.54 Å². The molecule has 15 heavy (non-hydrogen) atoms. The highest BCUT2D eigenvalue weighted by Crippen LogP contribution is 2.07. The third-order valence-corrected chi connectivity index (χ3v) is 3.33. The molecule has 1 rings (SSSR count). The van der Waals surface area contributed by atoms with Gasteiger partial charge < -0.3 is 10.4 Å². The van der Waals surface area contributed by atoms with E-state index in [1.54, 1.807) is 18.3 Å². The van der Waals surface area contributed by atoms with E-state index in [4.69, 9.17) is 5.11 Å². The largest absolute Gasteiger partial charge is 0.481 e. The zero-order valence-corrected chi connectivity index (χ0v) is 9.88. The van der Waals surface area contributed by atoms with Crippen molar-refractivity contribution in [2.45, 2.75) is 26.3 Å². The van der Waals surface area contributed by atoms with Gasteiger partial charge in [0.1, 0.15) is 0 Å². The van der Waals surface area contributed by atoms with Crippen LogP contribution in [0.25, 0.3) is 0 Å². The molecule has 0 aliphatic carbocycles. The summed E-state index contributed by atoms with van der Waals surface area (Å²) in [5, 5.41) is 16.2. The smallest absolute Gasteiger partial charge is 0.307 e. The van der Waals surface area contributed by atoms with Crippen LogP contribution in [0.4, 0.5) is 0 Å². The minimum absolute atomic E-state index is 0.0149. The van der Waals surface area contributed by atoms with Crippen molar-refractivity contribution in [3.63, 3.8) is 0 Å². The summed E-state index contributed by atoms with van der Waals surface area (Å²) in [5.74, 6) is -1.09. The van der Waals surface area contributed by atoms with Crippen molar-refractivity contribution in [2.24, 2.45) is 5.92 Å². The van der Waals surface area contributed by atoms with Gasteiger partial charge in [0.2, 0.25) is 0 Å². The summed E-state index contributed by atoms with van der Waals surface area (Å²) in [5.41, 5.74) is 1.31. The van der Waals surface area contributed by atoms with E-state index in [0.717, 1.165) is 13.0 Å². The molecule has 0 amide bonds. The molecule has 0 aliphatic heterocycles. The molecule has 2 unspecified atom stereocenters. The molecule has 0 aliphatic rings. The van der Waals surface area contributed by atoms with Crippen molar-refractivity contribution >= 4 is 17.3 Å². The molecule has 0 saturated heterocycles. The predicted molar refractivity (Wildman–Crippen MR) is 62.3 cm³/mol. The van der Waals surface area contributed by atoms with Gasteiger partial charge in [-0.1, -0.05) is 6.92 Å². The second-order valence-electron chi connectivity index (χ2n) is 3.75. The van der Waals surface area contributed by atoms with E-state index in [9.17, 15) is 4.79 Å². The number of rotatable bonds is 6. The van der Waals surface area contributed by atoms with Gasteiger partial charge in [0.05, 0.1) is 5.92 Å². The lowest BCUT2D eigenvalue weighted by Gasteiger charge is -2.17. The summed E-state index contributed by atoms with van der Waals surface area (Å²) >= 11 is 1.69.